The Morgan fingerprint density at radius 1 is 0.979 bits per heavy atom. The highest BCUT2D eigenvalue weighted by Crippen LogP contribution is 2.56. The molecule has 7 atom stereocenters. The van der Waals surface area contributed by atoms with Crippen molar-refractivity contribution in [2.24, 2.45) is 11.8 Å². The fraction of sp³-hybridized carbons (Fsp3) is 0.474. The van der Waals surface area contributed by atoms with Gasteiger partial charge in [0.2, 0.25) is 17.7 Å². The molecule has 0 unspecified atom stereocenters. The molecule has 5 bridgehead atoms. The molecule has 6 rings (SSSR count). The maximum atomic E-state index is 14.8. The lowest BCUT2D eigenvalue weighted by molar-refractivity contribution is -0.160. The van der Waals surface area contributed by atoms with E-state index in [1.807, 2.05) is 72.8 Å². The first-order chi connectivity index (χ1) is 23.4. The zero-order valence-electron chi connectivity index (χ0n) is 27.4. The molecule has 0 saturated carbocycles. The van der Waals surface area contributed by atoms with Crippen LogP contribution in [0.25, 0.3) is 0 Å². The maximum absolute atomic E-state index is 14.8. The van der Waals surface area contributed by atoms with Crippen LogP contribution >= 0.6 is 0 Å². The zero-order valence-corrected chi connectivity index (χ0v) is 27.4. The number of esters is 1. The van der Waals surface area contributed by atoms with Gasteiger partial charge in [0.1, 0.15) is 23.7 Å². The van der Waals surface area contributed by atoms with Crippen molar-refractivity contribution in [3.05, 3.63) is 96.1 Å². The van der Waals surface area contributed by atoms with Gasteiger partial charge in [-0.2, -0.15) is 0 Å². The van der Waals surface area contributed by atoms with Crippen LogP contribution in [-0.2, 0) is 35.1 Å². The number of nitrogens with zero attached hydrogens (tertiary/aromatic N) is 2. The fourth-order valence-corrected chi connectivity index (χ4v) is 7.65. The van der Waals surface area contributed by atoms with Gasteiger partial charge < -0.3 is 29.7 Å². The van der Waals surface area contributed by atoms with E-state index < -0.39 is 53.6 Å². The summed E-state index contributed by atoms with van der Waals surface area (Å²) in [5.74, 6) is -3.54. The lowest BCUT2D eigenvalue weighted by Gasteiger charge is -2.39. The van der Waals surface area contributed by atoms with E-state index in [0.29, 0.717) is 31.5 Å². The van der Waals surface area contributed by atoms with Gasteiger partial charge in [-0.25, -0.2) is 0 Å². The van der Waals surface area contributed by atoms with Crippen molar-refractivity contribution in [2.75, 3.05) is 26.2 Å². The summed E-state index contributed by atoms with van der Waals surface area (Å²) in [7, 11) is 0. The number of ether oxygens (including phenoxy) is 2. The minimum Gasteiger partial charge on any atom is -0.455 e. The predicted molar refractivity (Wildman–Crippen MR) is 178 cm³/mol. The molecule has 4 heterocycles. The summed E-state index contributed by atoms with van der Waals surface area (Å²) < 4.78 is 12.7. The Hall–Kier alpha value is -4.28. The van der Waals surface area contributed by atoms with Gasteiger partial charge in [0, 0.05) is 19.5 Å². The van der Waals surface area contributed by atoms with Crippen LogP contribution < -0.4 is 5.32 Å². The van der Waals surface area contributed by atoms with Crippen molar-refractivity contribution in [3.8, 4) is 0 Å². The summed E-state index contributed by atoms with van der Waals surface area (Å²) in [5, 5.41) is 13.7. The number of allylic oxidation sites excluding steroid dienone is 1. The monoisotopic (exact) mass is 655 g/mol. The van der Waals surface area contributed by atoms with Gasteiger partial charge in [-0.1, -0.05) is 105 Å². The number of rotatable bonds is 9. The molecule has 0 aliphatic carbocycles. The zero-order chi connectivity index (χ0) is 33.7. The van der Waals surface area contributed by atoms with Crippen molar-refractivity contribution < 1.29 is 33.8 Å². The van der Waals surface area contributed by atoms with E-state index in [1.54, 1.807) is 17.1 Å². The maximum Gasteiger partial charge on any atom is 0.313 e. The molecule has 48 heavy (non-hydrogen) atoms. The van der Waals surface area contributed by atoms with Crippen molar-refractivity contribution in [2.45, 2.75) is 75.3 Å². The molecule has 1 spiro atoms. The molecular formula is C38H45N3O7. The molecule has 3 amide bonds. The molecule has 10 heteroatoms. The number of likely N-dealkylation sites (tertiary alicyclic amines) is 1. The molecule has 10 nitrogen and oxygen atoms in total. The summed E-state index contributed by atoms with van der Waals surface area (Å²) in [6.45, 7) is 2.55. The Morgan fingerprint density at radius 3 is 2.46 bits per heavy atom. The molecule has 0 aromatic heterocycles. The van der Waals surface area contributed by atoms with Gasteiger partial charge >= 0.3 is 5.97 Å². The van der Waals surface area contributed by atoms with Crippen LogP contribution in [0.1, 0.15) is 56.3 Å². The average Bonchev–Trinajstić information content (AvgIpc) is 3.75. The summed E-state index contributed by atoms with van der Waals surface area (Å²) in [6, 6.07) is 16.9. The van der Waals surface area contributed by atoms with Crippen LogP contribution in [0.5, 0.6) is 0 Å². The number of fused-ring (bicyclic) bond motifs is 2. The third kappa shape index (κ3) is 6.56. The van der Waals surface area contributed by atoms with Gasteiger partial charge in [-0.15, -0.1) is 0 Å². The highest BCUT2D eigenvalue weighted by Gasteiger charge is 2.74. The Labute approximate surface area is 281 Å². The molecule has 2 N–H and O–H groups in total. The van der Waals surface area contributed by atoms with Crippen molar-refractivity contribution >= 4 is 23.7 Å². The fourth-order valence-electron chi connectivity index (χ4n) is 7.65. The molecule has 2 aromatic carbocycles. The molecule has 2 saturated heterocycles. The number of amides is 3. The molecule has 4 aliphatic heterocycles. The quantitative estimate of drug-likeness (QED) is 0.241. The van der Waals surface area contributed by atoms with E-state index in [0.717, 1.165) is 24.8 Å². The number of unbranched alkanes of at least 4 members (excludes halogenated alkanes) is 2. The topological polar surface area (TPSA) is 125 Å². The number of hydrogen-bond donors (Lipinski definition) is 2. The molecule has 2 aromatic rings. The minimum absolute atomic E-state index is 0.0677. The Morgan fingerprint density at radius 2 is 1.73 bits per heavy atom. The van der Waals surface area contributed by atoms with Gasteiger partial charge in [-0.3, -0.25) is 19.2 Å². The van der Waals surface area contributed by atoms with Crippen molar-refractivity contribution in [1.82, 2.24) is 15.1 Å². The molecule has 2 fully saturated rings. The van der Waals surface area contributed by atoms with E-state index >= 15 is 0 Å². The molecule has 254 valence electrons. The second kappa shape index (κ2) is 14.9. The van der Waals surface area contributed by atoms with Crippen molar-refractivity contribution in [3.63, 3.8) is 0 Å². The van der Waals surface area contributed by atoms with E-state index in [1.165, 1.54) is 4.90 Å². The first-order valence-corrected chi connectivity index (χ1v) is 17.2. The number of aliphatic hydroxyl groups is 1. The normalized spacial score (nSPS) is 30.2. The van der Waals surface area contributed by atoms with Crippen LogP contribution in [-0.4, -0.2) is 88.6 Å². The van der Waals surface area contributed by atoms with Crippen LogP contribution in [0.3, 0.4) is 0 Å². The van der Waals surface area contributed by atoms with Crippen LogP contribution in [0, 0.1) is 11.8 Å². The lowest BCUT2D eigenvalue weighted by atomic mass is 9.74. The van der Waals surface area contributed by atoms with E-state index in [2.05, 4.69) is 12.2 Å². The SMILES string of the molecule is CCCCCN1C/C=C\CCC(=O)NC[C@@H](c2ccccc2)OC(=O)[C@@H]2[C@@H]3C=C[C@]4(O3)[C@H](C1=O)N([C@@H](CO)Cc1ccccc1)C(=O)[C@@H]24. The number of cyclic esters (lactones) is 1. The molecular weight excluding hydrogens is 610 g/mol. The number of aliphatic hydroxyl groups excluding tert-OH is 1. The first kappa shape index (κ1) is 33.6. The highest BCUT2D eigenvalue weighted by molar-refractivity contribution is 5.99. The minimum atomic E-state index is -1.40. The average molecular weight is 656 g/mol. The van der Waals surface area contributed by atoms with Gasteiger partial charge in [0.25, 0.3) is 0 Å². The highest BCUT2D eigenvalue weighted by atomic mass is 16.6. The third-order valence-corrected chi connectivity index (χ3v) is 10.0. The Bertz CT molecular complexity index is 1530. The third-order valence-electron chi connectivity index (χ3n) is 10.0. The molecule has 0 radical (unpaired) electrons. The second-order valence-corrected chi connectivity index (χ2v) is 13.1. The largest absolute Gasteiger partial charge is 0.455 e. The summed E-state index contributed by atoms with van der Waals surface area (Å²) in [5.41, 5.74) is 0.215. The number of benzene rings is 2. The van der Waals surface area contributed by atoms with E-state index in [-0.39, 0.29) is 31.4 Å². The summed E-state index contributed by atoms with van der Waals surface area (Å²) in [6.07, 6.45) is 9.49. The number of carbonyl (C=O) groups excluding carboxylic acids is 4. The lowest BCUT2D eigenvalue weighted by Crippen LogP contribution is -2.59. The number of carbonyl (C=O) groups is 4. The first-order valence-electron chi connectivity index (χ1n) is 17.2. The second-order valence-electron chi connectivity index (χ2n) is 13.1. The standard InChI is InChI=1S/C38H45N3O7/c1-2-3-12-21-40-22-13-6-11-18-31(43)39-24-30(27-16-9-5-10-17-27)47-37(46)32-29-19-20-38(48-29)33(32)35(44)41(34(38)36(40)45)28(25-42)23-26-14-7-4-8-15-26/h4-10,13-17,19-20,28-30,32-34,42H,2-3,11-12,18,21-25H2,1H3,(H,39,43)/b13-6-/t28-,29+,30+,32-,33-,34+,38-/m1/s1. The number of nitrogens with one attached hydrogen (secondary N) is 1. The van der Waals surface area contributed by atoms with E-state index in [9.17, 15) is 24.3 Å². The van der Waals surface area contributed by atoms with E-state index in [4.69, 9.17) is 9.47 Å². The van der Waals surface area contributed by atoms with Crippen molar-refractivity contribution in [1.29, 1.82) is 0 Å². The Balaban J connectivity index is 1.42. The van der Waals surface area contributed by atoms with Crippen LogP contribution in [0.15, 0.2) is 85.0 Å². The smallest absolute Gasteiger partial charge is 0.313 e. The number of hydrogen-bond acceptors (Lipinski definition) is 7. The van der Waals surface area contributed by atoms with Crippen LogP contribution in [0.2, 0.25) is 0 Å². The Kier molecular flexibility index (Phi) is 10.4. The van der Waals surface area contributed by atoms with Gasteiger partial charge in [0.05, 0.1) is 31.2 Å². The molecule has 4 aliphatic rings. The van der Waals surface area contributed by atoms with Gasteiger partial charge in [0.15, 0.2) is 0 Å². The van der Waals surface area contributed by atoms with Crippen LogP contribution in [0.4, 0.5) is 0 Å². The predicted octanol–water partition coefficient (Wildman–Crippen LogP) is 3.51. The summed E-state index contributed by atoms with van der Waals surface area (Å²) >= 11 is 0. The summed E-state index contributed by atoms with van der Waals surface area (Å²) in [4.78, 5) is 59.8. The van der Waals surface area contributed by atoms with Gasteiger partial charge in [-0.05, 0) is 30.4 Å².